The Morgan fingerprint density at radius 1 is 1.20 bits per heavy atom. The third-order valence-electron chi connectivity index (χ3n) is 3.72. The van der Waals surface area contributed by atoms with Gasteiger partial charge in [0.1, 0.15) is 0 Å². The Bertz CT molecular complexity index is 861. The van der Waals surface area contributed by atoms with Crippen molar-refractivity contribution >= 4 is 28.2 Å². The second-order valence-corrected chi connectivity index (χ2v) is 5.57. The van der Waals surface area contributed by atoms with Gasteiger partial charge in [-0.25, -0.2) is 0 Å². The highest BCUT2D eigenvalue weighted by molar-refractivity contribution is 5.96. The molecule has 0 unspecified atom stereocenters. The molecule has 0 spiro atoms. The van der Waals surface area contributed by atoms with Gasteiger partial charge in [-0.3, -0.25) is 14.8 Å². The number of hydrogen-bond acceptors (Lipinski definition) is 5. The van der Waals surface area contributed by atoms with Crippen LogP contribution in [0.25, 0.3) is 10.9 Å². The molecule has 0 saturated heterocycles. The number of aromatic nitrogens is 2. The van der Waals surface area contributed by atoms with E-state index in [-0.39, 0.29) is 5.91 Å². The van der Waals surface area contributed by atoms with Crippen LogP contribution in [0.4, 0.5) is 11.4 Å². The number of fused-ring (bicyclic) bond motifs is 1. The van der Waals surface area contributed by atoms with Crippen molar-refractivity contribution in [1.82, 2.24) is 15.3 Å². The van der Waals surface area contributed by atoms with E-state index in [4.69, 9.17) is 4.74 Å². The number of rotatable bonds is 7. The molecule has 0 aliphatic rings. The largest absolute Gasteiger partial charge is 0.385 e. The van der Waals surface area contributed by atoms with Crippen LogP contribution in [0.1, 0.15) is 16.8 Å². The van der Waals surface area contributed by atoms with Gasteiger partial charge in [0.15, 0.2) is 0 Å². The van der Waals surface area contributed by atoms with Gasteiger partial charge in [-0.05, 0) is 24.6 Å². The summed E-state index contributed by atoms with van der Waals surface area (Å²) < 4.78 is 4.97. The fourth-order valence-corrected chi connectivity index (χ4v) is 2.51. The van der Waals surface area contributed by atoms with E-state index in [0.29, 0.717) is 18.7 Å². The number of methoxy groups -OCH3 is 1. The summed E-state index contributed by atoms with van der Waals surface area (Å²) in [7, 11) is 1.64. The summed E-state index contributed by atoms with van der Waals surface area (Å²) in [6.07, 6.45) is 5.77. The minimum atomic E-state index is -0.150. The number of ether oxygens (including phenoxy) is 1. The first-order chi connectivity index (χ1) is 12.3. The molecule has 0 bridgehead atoms. The Balaban J connectivity index is 1.74. The van der Waals surface area contributed by atoms with Crippen LogP contribution >= 0.6 is 0 Å². The Kier molecular flexibility index (Phi) is 5.53. The van der Waals surface area contributed by atoms with E-state index in [0.717, 1.165) is 28.7 Å². The first-order valence-electron chi connectivity index (χ1n) is 8.11. The maximum absolute atomic E-state index is 12.2. The first kappa shape index (κ1) is 16.9. The number of pyridine rings is 2. The summed E-state index contributed by atoms with van der Waals surface area (Å²) in [4.78, 5) is 20.8. The van der Waals surface area contributed by atoms with Gasteiger partial charge >= 0.3 is 0 Å². The number of hydrogen-bond donors (Lipinski definition) is 2. The van der Waals surface area contributed by atoms with Gasteiger partial charge in [-0.2, -0.15) is 0 Å². The molecule has 0 aliphatic heterocycles. The van der Waals surface area contributed by atoms with Crippen LogP contribution in [-0.4, -0.2) is 36.1 Å². The Morgan fingerprint density at radius 3 is 2.96 bits per heavy atom. The van der Waals surface area contributed by atoms with Gasteiger partial charge < -0.3 is 15.4 Å². The van der Waals surface area contributed by atoms with Crippen molar-refractivity contribution in [2.45, 2.75) is 6.42 Å². The summed E-state index contributed by atoms with van der Waals surface area (Å²) in [6, 6.07) is 11.6. The van der Waals surface area contributed by atoms with Crippen molar-refractivity contribution in [1.29, 1.82) is 0 Å². The molecule has 0 atom stereocenters. The van der Waals surface area contributed by atoms with E-state index in [1.807, 2.05) is 30.3 Å². The minimum Gasteiger partial charge on any atom is -0.385 e. The van der Waals surface area contributed by atoms with Crippen LogP contribution in [0.5, 0.6) is 0 Å². The smallest absolute Gasteiger partial charge is 0.252 e. The normalized spacial score (nSPS) is 10.6. The van der Waals surface area contributed by atoms with E-state index in [1.165, 1.54) is 0 Å². The van der Waals surface area contributed by atoms with Crippen LogP contribution in [-0.2, 0) is 4.74 Å². The van der Waals surface area contributed by atoms with Gasteiger partial charge in [0.05, 0.1) is 28.7 Å². The molecule has 0 aliphatic carbocycles. The van der Waals surface area contributed by atoms with Crippen LogP contribution < -0.4 is 10.6 Å². The lowest BCUT2D eigenvalue weighted by Gasteiger charge is -2.10. The third kappa shape index (κ3) is 4.30. The zero-order valence-electron chi connectivity index (χ0n) is 14.0. The maximum Gasteiger partial charge on any atom is 0.252 e. The molecular weight excluding hydrogens is 316 g/mol. The molecule has 1 amide bonds. The quantitative estimate of drug-likeness (QED) is 0.648. The number of anilines is 2. The van der Waals surface area contributed by atoms with Crippen molar-refractivity contribution in [3.63, 3.8) is 0 Å². The molecule has 1 aromatic carbocycles. The molecule has 6 nitrogen and oxygen atoms in total. The van der Waals surface area contributed by atoms with Crippen molar-refractivity contribution in [2.75, 3.05) is 25.6 Å². The van der Waals surface area contributed by atoms with E-state index in [2.05, 4.69) is 20.6 Å². The monoisotopic (exact) mass is 336 g/mol. The van der Waals surface area contributed by atoms with Crippen molar-refractivity contribution < 1.29 is 9.53 Å². The zero-order valence-corrected chi connectivity index (χ0v) is 14.0. The van der Waals surface area contributed by atoms with Crippen molar-refractivity contribution in [3.05, 3.63) is 60.6 Å². The van der Waals surface area contributed by atoms with Crippen molar-refractivity contribution in [3.8, 4) is 0 Å². The Hall–Kier alpha value is -2.99. The fraction of sp³-hybridized carbons (Fsp3) is 0.211. The average Bonchev–Trinajstić information content (AvgIpc) is 2.66. The second-order valence-electron chi connectivity index (χ2n) is 5.57. The number of carbonyl (C=O) groups excluding carboxylic acids is 1. The molecule has 0 saturated carbocycles. The average molecular weight is 336 g/mol. The van der Waals surface area contributed by atoms with Crippen LogP contribution in [0, 0.1) is 0 Å². The van der Waals surface area contributed by atoms with Gasteiger partial charge in [0.25, 0.3) is 5.91 Å². The Labute approximate surface area is 146 Å². The number of para-hydroxylation sites is 1. The SMILES string of the molecule is COCCCNC(=O)c1cncc(Nc2cccc3cccnc23)c1. The molecule has 0 fully saturated rings. The summed E-state index contributed by atoms with van der Waals surface area (Å²) in [5.74, 6) is -0.150. The third-order valence-corrected chi connectivity index (χ3v) is 3.72. The number of benzene rings is 1. The molecule has 0 radical (unpaired) electrons. The van der Waals surface area contributed by atoms with Crippen LogP contribution in [0.15, 0.2) is 55.0 Å². The van der Waals surface area contributed by atoms with E-state index in [1.54, 1.807) is 31.8 Å². The molecule has 128 valence electrons. The summed E-state index contributed by atoms with van der Waals surface area (Å²) in [6.45, 7) is 1.19. The number of nitrogens with zero attached hydrogens (tertiary/aromatic N) is 2. The van der Waals surface area contributed by atoms with Gasteiger partial charge in [-0.1, -0.05) is 18.2 Å². The summed E-state index contributed by atoms with van der Waals surface area (Å²) in [5.41, 5.74) is 3.00. The minimum absolute atomic E-state index is 0.150. The van der Waals surface area contributed by atoms with E-state index in [9.17, 15) is 4.79 Å². The highest BCUT2D eigenvalue weighted by Gasteiger charge is 2.08. The Morgan fingerprint density at radius 2 is 2.08 bits per heavy atom. The predicted molar refractivity (Wildman–Crippen MR) is 98.1 cm³/mol. The summed E-state index contributed by atoms with van der Waals surface area (Å²) in [5, 5.41) is 7.20. The maximum atomic E-state index is 12.2. The zero-order chi connectivity index (χ0) is 17.5. The lowest BCUT2D eigenvalue weighted by Crippen LogP contribution is -2.25. The molecule has 6 heteroatoms. The predicted octanol–water partition coefficient (Wildman–Crippen LogP) is 3.14. The van der Waals surface area contributed by atoms with Gasteiger partial charge in [0.2, 0.25) is 0 Å². The molecule has 3 rings (SSSR count). The molecule has 2 aromatic heterocycles. The van der Waals surface area contributed by atoms with Gasteiger partial charge in [0, 0.05) is 38.0 Å². The number of nitrogens with one attached hydrogen (secondary N) is 2. The van der Waals surface area contributed by atoms with Crippen LogP contribution in [0.2, 0.25) is 0 Å². The van der Waals surface area contributed by atoms with E-state index < -0.39 is 0 Å². The standard InChI is InChI=1S/C19H20N4O2/c1-25-10-4-9-22-19(24)15-11-16(13-20-12-15)23-17-7-2-5-14-6-3-8-21-18(14)17/h2-3,5-8,11-13,23H,4,9-10H2,1H3,(H,22,24). The van der Waals surface area contributed by atoms with Gasteiger partial charge in [-0.15, -0.1) is 0 Å². The highest BCUT2D eigenvalue weighted by atomic mass is 16.5. The lowest BCUT2D eigenvalue weighted by atomic mass is 10.2. The van der Waals surface area contributed by atoms with E-state index >= 15 is 0 Å². The number of carbonyl (C=O) groups is 1. The first-order valence-corrected chi connectivity index (χ1v) is 8.11. The molecule has 2 heterocycles. The second kappa shape index (κ2) is 8.21. The molecular formula is C19H20N4O2. The highest BCUT2D eigenvalue weighted by Crippen LogP contribution is 2.24. The topological polar surface area (TPSA) is 76.1 Å². The summed E-state index contributed by atoms with van der Waals surface area (Å²) >= 11 is 0. The lowest BCUT2D eigenvalue weighted by molar-refractivity contribution is 0.0948. The van der Waals surface area contributed by atoms with Crippen molar-refractivity contribution in [2.24, 2.45) is 0 Å². The van der Waals surface area contributed by atoms with Crippen LogP contribution in [0.3, 0.4) is 0 Å². The fourth-order valence-electron chi connectivity index (χ4n) is 2.51. The molecule has 25 heavy (non-hydrogen) atoms. The number of amides is 1. The molecule has 3 aromatic rings. The molecule has 2 N–H and O–H groups in total.